The number of hydrogen-bond donors (Lipinski definition) is 1. The van der Waals surface area contributed by atoms with Crippen molar-refractivity contribution in [1.29, 1.82) is 0 Å². The Labute approximate surface area is 77.8 Å². The second kappa shape index (κ2) is 2.87. The summed E-state index contributed by atoms with van der Waals surface area (Å²) >= 11 is 0. The van der Waals surface area contributed by atoms with Gasteiger partial charge in [-0.15, -0.1) is 0 Å². The molecule has 2 rings (SSSR count). The van der Waals surface area contributed by atoms with Crippen molar-refractivity contribution in [3.05, 3.63) is 35.9 Å². The third kappa shape index (κ3) is 1.32. The first-order valence-electron chi connectivity index (χ1n) is 4.56. The van der Waals surface area contributed by atoms with Gasteiger partial charge >= 0.3 is 0 Å². The van der Waals surface area contributed by atoms with Gasteiger partial charge in [0.1, 0.15) is 0 Å². The van der Waals surface area contributed by atoms with Crippen molar-refractivity contribution in [2.75, 3.05) is 0 Å². The fourth-order valence-corrected chi connectivity index (χ4v) is 2.09. The summed E-state index contributed by atoms with van der Waals surface area (Å²) in [5.74, 6) is 0.669. The number of hydrogen-bond acceptors (Lipinski definition) is 1. The Kier molecular flexibility index (Phi) is 1.83. The number of carbonyl (C=O) groups excluding carboxylic acids is 1. The second-order valence-corrected chi connectivity index (χ2v) is 3.72. The summed E-state index contributed by atoms with van der Waals surface area (Å²) in [6.07, 6.45) is 0. The molecule has 1 amide bonds. The van der Waals surface area contributed by atoms with Gasteiger partial charge in [0.15, 0.2) is 0 Å². The summed E-state index contributed by atoms with van der Waals surface area (Å²) in [6.45, 7) is 2.08. The molecule has 2 nitrogen and oxygen atoms in total. The Balaban J connectivity index is 2.18. The topological polar surface area (TPSA) is 43.1 Å². The van der Waals surface area contributed by atoms with Crippen LogP contribution in [0.2, 0.25) is 0 Å². The van der Waals surface area contributed by atoms with E-state index in [1.165, 1.54) is 5.56 Å². The van der Waals surface area contributed by atoms with Crippen LogP contribution in [0.5, 0.6) is 0 Å². The third-order valence-electron chi connectivity index (χ3n) is 2.89. The van der Waals surface area contributed by atoms with Crippen molar-refractivity contribution in [3.63, 3.8) is 0 Å². The molecule has 1 aliphatic rings. The molecule has 1 fully saturated rings. The van der Waals surface area contributed by atoms with Crippen LogP contribution in [0, 0.1) is 11.8 Å². The molecule has 1 aliphatic carbocycles. The van der Waals surface area contributed by atoms with Crippen LogP contribution in [-0.2, 0) is 4.79 Å². The first-order valence-corrected chi connectivity index (χ1v) is 4.56. The fraction of sp³-hybridized carbons (Fsp3) is 0.364. The van der Waals surface area contributed by atoms with Gasteiger partial charge in [0.05, 0.1) is 0 Å². The maximum Gasteiger partial charge on any atom is 0.221 e. The lowest BCUT2D eigenvalue weighted by Gasteiger charge is -1.96. The molecule has 0 spiro atoms. The van der Waals surface area contributed by atoms with Crippen LogP contribution in [0.3, 0.4) is 0 Å². The van der Waals surface area contributed by atoms with Crippen molar-refractivity contribution in [2.24, 2.45) is 17.6 Å². The monoisotopic (exact) mass is 175 g/mol. The first kappa shape index (κ1) is 8.30. The summed E-state index contributed by atoms with van der Waals surface area (Å²) in [5.41, 5.74) is 6.51. The van der Waals surface area contributed by atoms with Crippen LogP contribution >= 0.6 is 0 Å². The molecule has 1 saturated carbocycles. The van der Waals surface area contributed by atoms with E-state index in [1.54, 1.807) is 0 Å². The number of nitrogens with two attached hydrogens (primary N) is 1. The van der Waals surface area contributed by atoms with Crippen molar-refractivity contribution < 1.29 is 4.79 Å². The Morgan fingerprint density at radius 2 is 1.92 bits per heavy atom. The van der Waals surface area contributed by atoms with E-state index in [-0.39, 0.29) is 11.8 Å². The van der Waals surface area contributed by atoms with Crippen molar-refractivity contribution >= 4 is 5.91 Å². The average molecular weight is 175 g/mol. The summed E-state index contributed by atoms with van der Waals surface area (Å²) in [6, 6.07) is 10.1. The molecule has 0 radical (unpaired) electrons. The molecule has 0 saturated heterocycles. The van der Waals surface area contributed by atoms with Gasteiger partial charge in [-0.1, -0.05) is 37.3 Å². The minimum Gasteiger partial charge on any atom is -0.369 e. The molecule has 2 heteroatoms. The zero-order valence-electron chi connectivity index (χ0n) is 7.60. The third-order valence-corrected chi connectivity index (χ3v) is 2.89. The van der Waals surface area contributed by atoms with Crippen LogP contribution in [0.15, 0.2) is 30.3 Å². The van der Waals surface area contributed by atoms with E-state index in [1.807, 2.05) is 18.2 Å². The minimum absolute atomic E-state index is 0.0578. The number of carbonyl (C=O) groups is 1. The molecule has 0 heterocycles. The zero-order chi connectivity index (χ0) is 9.42. The molecule has 0 aliphatic heterocycles. The number of primary amides is 1. The summed E-state index contributed by atoms with van der Waals surface area (Å²) in [7, 11) is 0. The smallest absolute Gasteiger partial charge is 0.221 e. The maximum absolute atomic E-state index is 11.0. The molecular weight excluding hydrogens is 162 g/mol. The van der Waals surface area contributed by atoms with Crippen LogP contribution in [0.1, 0.15) is 18.4 Å². The molecule has 0 bridgehead atoms. The maximum atomic E-state index is 11.0. The Hall–Kier alpha value is -1.31. The summed E-state index contributed by atoms with van der Waals surface area (Å²) in [4.78, 5) is 11.0. The van der Waals surface area contributed by atoms with E-state index in [0.717, 1.165) is 0 Å². The minimum atomic E-state index is -0.165. The van der Waals surface area contributed by atoms with Gasteiger partial charge < -0.3 is 5.73 Å². The van der Waals surface area contributed by atoms with Crippen LogP contribution < -0.4 is 5.73 Å². The number of amides is 1. The normalized spacial score (nSPS) is 31.3. The lowest BCUT2D eigenvalue weighted by Crippen LogP contribution is -2.14. The number of benzene rings is 1. The molecule has 1 aromatic rings. The highest BCUT2D eigenvalue weighted by Gasteiger charge is 2.51. The van der Waals surface area contributed by atoms with Gasteiger partial charge in [0.25, 0.3) is 0 Å². The van der Waals surface area contributed by atoms with E-state index in [2.05, 4.69) is 19.1 Å². The number of rotatable bonds is 2. The fourth-order valence-electron chi connectivity index (χ4n) is 2.09. The van der Waals surface area contributed by atoms with E-state index in [0.29, 0.717) is 11.8 Å². The van der Waals surface area contributed by atoms with Crippen LogP contribution in [-0.4, -0.2) is 5.91 Å². The standard InChI is InChI=1S/C11H13NO/c1-7-9(10(7)11(12)13)8-5-3-2-4-6-8/h2-7,9-10H,1H3,(H2,12,13). The van der Waals surface area contributed by atoms with Gasteiger partial charge in [-0.2, -0.15) is 0 Å². The molecule has 13 heavy (non-hydrogen) atoms. The van der Waals surface area contributed by atoms with Gasteiger partial charge in [-0.25, -0.2) is 0 Å². The second-order valence-electron chi connectivity index (χ2n) is 3.72. The van der Waals surface area contributed by atoms with Crippen LogP contribution in [0.25, 0.3) is 0 Å². The van der Waals surface area contributed by atoms with Gasteiger partial charge in [-0.05, 0) is 17.4 Å². The van der Waals surface area contributed by atoms with Crippen molar-refractivity contribution in [2.45, 2.75) is 12.8 Å². The predicted octanol–water partition coefficient (Wildman–Crippen LogP) is 1.52. The summed E-state index contributed by atoms with van der Waals surface area (Å²) < 4.78 is 0. The molecule has 3 unspecified atom stereocenters. The molecule has 1 aromatic carbocycles. The predicted molar refractivity (Wildman–Crippen MR) is 51.0 cm³/mol. The first-order chi connectivity index (χ1) is 6.22. The molecule has 68 valence electrons. The van der Waals surface area contributed by atoms with E-state index in [9.17, 15) is 4.79 Å². The highest BCUT2D eigenvalue weighted by atomic mass is 16.1. The lowest BCUT2D eigenvalue weighted by atomic mass is 10.1. The van der Waals surface area contributed by atoms with Gasteiger partial charge in [-0.3, -0.25) is 4.79 Å². The molecular formula is C11H13NO. The highest BCUT2D eigenvalue weighted by molar-refractivity contribution is 5.81. The van der Waals surface area contributed by atoms with E-state index in [4.69, 9.17) is 5.73 Å². The largest absolute Gasteiger partial charge is 0.369 e. The molecule has 2 N–H and O–H groups in total. The zero-order valence-corrected chi connectivity index (χ0v) is 7.60. The SMILES string of the molecule is CC1C(C(N)=O)C1c1ccccc1. The highest BCUT2D eigenvalue weighted by Crippen LogP contribution is 2.53. The van der Waals surface area contributed by atoms with Crippen molar-refractivity contribution in [1.82, 2.24) is 0 Å². The average Bonchev–Trinajstić information content (AvgIpc) is 2.79. The Bertz CT molecular complexity index is 320. The van der Waals surface area contributed by atoms with E-state index < -0.39 is 0 Å². The Morgan fingerprint density at radius 1 is 1.31 bits per heavy atom. The van der Waals surface area contributed by atoms with Gasteiger partial charge in [0.2, 0.25) is 5.91 Å². The van der Waals surface area contributed by atoms with Crippen molar-refractivity contribution in [3.8, 4) is 0 Å². The molecule has 0 aromatic heterocycles. The Morgan fingerprint density at radius 3 is 2.38 bits per heavy atom. The van der Waals surface area contributed by atoms with E-state index >= 15 is 0 Å². The lowest BCUT2D eigenvalue weighted by molar-refractivity contribution is -0.119. The van der Waals surface area contributed by atoms with Crippen LogP contribution in [0.4, 0.5) is 0 Å². The quantitative estimate of drug-likeness (QED) is 0.727. The molecule has 3 atom stereocenters. The van der Waals surface area contributed by atoms with Gasteiger partial charge in [0, 0.05) is 5.92 Å². The summed E-state index contributed by atoms with van der Waals surface area (Å²) in [5, 5.41) is 0.